The molecule has 6 nitrogen and oxygen atoms in total. The highest BCUT2D eigenvalue weighted by Gasteiger charge is 2.22. The second kappa shape index (κ2) is 6.78. The van der Waals surface area contributed by atoms with Crippen LogP contribution in [0.4, 0.5) is 11.4 Å². The largest absolute Gasteiger partial charge is 0.462 e. The smallest absolute Gasteiger partial charge is 0.335 e. The zero-order chi connectivity index (χ0) is 17.1. The quantitative estimate of drug-likeness (QED) is 0.654. The van der Waals surface area contributed by atoms with Crippen molar-refractivity contribution in [3.8, 4) is 0 Å². The van der Waals surface area contributed by atoms with Crippen molar-refractivity contribution in [2.45, 2.75) is 26.7 Å². The molecular formula is C18H20N2O4. The van der Waals surface area contributed by atoms with Crippen LogP contribution in [-0.4, -0.2) is 25.2 Å². The number of esters is 2. The van der Waals surface area contributed by atoms with E-state index in [-0.39, 0.29) is 11.9 Å². The zero-order valence-corrected chi connectivity index (χ0v) is 13.8. The Hall–Kier alpha value is -2.76. The lowest BCUT2D eigenvalue weighted by Crippen LogP contribution is -2.06. The molecule has 0 radical (unpaired) electrons. The number of benzene rings is 1. The Morgan fingerprint density at radius 1 is 0.792 bits per heavy atom. The summed E-state index contributed by atoms with van der Waals surface area (Å²) in [5.74, 6) is -0.493. The lowest BCUT2D eigenvalue weighted by molar-refractivity contribution is -0.136. The third-order valence-electron chi connectivity index (χ3n) is 4.12. The maximum absolute atomic E-state index is 11.6. The molecular weight excluding hydrogens is 308 g/mol. The summed E-state index contributed by atoms with van der Waals surface area (Å²) in [4.78, 5) is 23.1. The molecule has 126 valence electrons. The molecule has 0 amide bonds. The minimum absolute atomic E-state index is 0.246. The monoisotopic (exact) mass is 328 g/mol. The number of hydrogen-bond acceptors (Lipinski definition) is 6. The van der Waals surface area contributed by atoms with Crippen LogP contribution in [-0.2, 0) is 19.1 Å². The standard InChI is InChI=1S/C18H20N2O4/c1-11(15-7-9-23-17(15)21)19-13-3-5-14(6-4-13)20-12(2)16-8-10-24-18(16)22/h3-6,19-20H,7-10H2,1-2H3. The van der Waals surface area contributed by atoms with Crippen molar-refractivity contribution in [2.24, 2.45) is 0 Å². The number of rotatable bonds is 4. The van der Waals surface area contributed by atoms with Gasteiger partial charge >= 0.3 is 11.9 Å². The summed E-state index contributed by atoms with van der Waals surface area (Å²) in [7, 11) is 0. The Kier molecular flexibility index (Phi) is 4.55. The van der Waals surface area contributed by atoms with E-state index in [1.165, 1.54) is 0 Å². The van der Waals surface area contributed by atoms with Crippen LogP contribution in [0.2, 0.25) is 0 Å². The minimum Gasteiger partial charge on any atom is -0.462 e. The van der Waals surface area contributed by atoms with Crippen molar-refractivity contribution in [1.82, 2.24) is 0 Å². The summed E-state index contributed by atoms with van der Waals surface area (Å²) in [6.45, 7) is 4.64. The predicted octanol–water partition coefficient (Wildman–Crippen LogP) is 2.95. The third-order valence-corrected chi connectivity index (χ3v) is 4.12. The number of carbonyl (C=O) groups is 2. The Labute approximate surface area is 140 Å². The first-order valence-electron chi connectivity index (χ1n) is 7.92. The van der Waals surface area contributed by atoms with Gasteiger partial charge in [-0.2, -0.15) is 0 Å². The second-order valence-corrected chi connectivity index (χ2v) is 5.81. The maximum atomic E-state index is 11.6. The summed E-state index contributed by atoms with van der Waals surface area (Å²) < 4.78 is 9.91. The Bertz CT molecular complexity index is 669. The van der Waals surface area contributed by atoms with E-state index < -0.39 is 0 Å². The van der Waals surface area contributed by atoms with Gasteiger partial charge in [0.2, 0.25) is 0 Å². The molecule has 2 fully saturated rings. The van der Waals surface area contributed by atoms with Crippen molar-refractivity contribution < 1.29 is 19.1 Å². The van der Waals surface area contributed by atoms with E-state index in [9.17, 15) is 9.59 Å². The van der Waals surface area contributed by atoms with E-state index in [0.29, 0.717) is 37.2 Å². The Morgan fingerprint density at radius 3 is 1.46 bits per heavy atom. The van der Waals surface area contributed by atoms with Crippen LogP contribution < -0.4 is 10.6 Å². The third kappa shape index (κ3) is 3.42. The first kappa shape index (κ1) is 16.1. The first-order valence-corrected chi connectivity index (χ1v) is 7.92. The van der Waals surface area contributed by atoms with E-state index in [0.717, 1.165) is 22.8 Å². The molecule has 2 aliphatic heterocycles. The molecule has 24 heavy (non-hydrogen) atoms. The molecule has 1 aromatic rings. The first-order chi connectivity index (χ1) is 11.5. The van der Waals surface area contributed by atoms with E-state index in [1.807, 2.05) is 38.1 Å². The van der Waals surface area contributed by atoms with E-state index in [4.69, 9.17) is 9.47 Å². The average molecular weight is 328 g/mol. The predicted molar refractivity (Wildman–Crippen MR) is 90.2 cm³/mol. The van der Waals surface area contributed by atoms with Gasteiger partial charge in [0.15, 0.2) is 0 Å². The summed E-state index contributed by atoms with van der Waals surface area (Å²) in [5, 5.41) is 6.44. The maximum Gasteiger partial charge on any atom is 0.335 e. The summed E-state index contributed by atoms with van der Waals surface area (Å²) in [6, 6.07) is 7.66. The molecule has 0 bridgehead atoms. The van der Waals surface area contributed by atoms with Gasteiger partial charge in [0, 0.05) is 35.6 Å². The lowest BCUT2D eigenvalue weighted by Gasteiger charge is -2.11. The van der Waals surface area contributed by atoms with Crippen LogP contribution in [0.15, 0.2) is 46.8 Å². The second-order valence-electron chi connectivity index (χ2n) is 5.81. The molecule has 0 aromatic heterocycles. The molecule has 1 aromatic carbocycles. The zero-order valence-electron chi connectivity index (χ0n) is 13.8. The minimum atomic E-state index is -0.246. The van der Waals surface area contributed by atoms with Gasteiger partial charge in [-0.15, -0.1) is 0 Å². The van der Waals surface area contributed by atoms with Crippen LogP contribution in [0.25, 0.3) is 0 Å². The topological polar surface area (TPSA) is 76.7 Å². The molecule has 0 unspecified atom stereocenters. The number of hydrogen-bond donors (Lipinski definition) is 2. The molecule has 2 saturated heterocycles. The van der Waals surface area contributed by atoms with Crippen LogP contribution in [0, 0.1) is 0 Å². The average Bonchev–Trinajstić information content (AvgIpc) is 3.17. The summed E-state index contributed by atoms with van der Waals surface area (Å²) >= 11 is 0. The van der Waals surface area contributed by atoms with Crippen LogP contribution in [0.3, 0.4) is 0 Å². The highest BCUT2D eigenvalue weighted by Crippen LogP contribution is 2.23. The van der Waals surface area contributed by atoms with Gasteiger partial charge in [-0.1, -0.05) is 0 Å². The van der Waals surface area contributed by atoms with Gasteiger partial charge in [-0.25, -0.2) is 9.59 Å². The van der Waals surface area contributed by atoms with E-state index >= 15 is 0 Å². The number of ether oxygens (including phenoxy) is 2. The fourth-order valence-electron chi connectivity index (χ4n) is 2.77. The molecule has 2 N–H and O–H groups in total. The highest BCUT2D eigenvalue weighted by atomic mass is 16.5. The molecule has 0 spiro atoms. The van der Waals surface area contributed by atoms with Gasteiger partial charge in [0.05, 0.1) is 24.4 Å². The molecule has 3 rings (SSSR count). The summed E-state index contributed by atoms with van der Waals surface area (Å²) in [6.07, 6.45) is 1.28. The van der Waals surface area contributed by atoms with Gasteiger partial charge < -0.3 is 20.1 Å². The van der Waals surface area contributed by atoms with E-state index in [2.05, 4.69) is 10.6 Å². The molecule has 6 heteroatoms. The highest BCUT2D eigenvalue weighted by molar-refractivity contribution is 5.92. The van der Waals surface area contributed by atoms with E-state index in [1.54, 1.807) is 0 Å². The van der Waals surface area contributed by atoms with Crippen molar-refractivity contribution in [1.29, 1.82) is 0 Å². The Morgan fingerprint density at radius 2 is 1.17 bits per heavy atom. The van der Waals surface area contributed by atoms with Gasteiger partial charge in [-0.3, -0.25) is 0 Å². The van der Waals surface area contributed by atoms with Gasteiger partial charge in [0.1, 0.15) is 0 Å². The molecule has 0 aliphatic carbocycles. The van der Waals surface area contributed by atoms with Crippen molar-refractivity contribution >= 4 is 23.3 Å². The van der Waals surface area contributed by atoms with Crippen molar-refractivity contribution in [3.63, 3.8) is 0 Å². The number of cyclic esters (lactones) is 2. The molecule has 2 aliphatic rings. The van der Waals surface area contributed by atoms with Crippen LogP contribution in [0.1, 0.15) is 26.7 Å². The number of allylic oxidation sites excluding steroid dienone is 2. The fraction of sp³-hybridized carbons (Fsp3) is 0.333. The number of carbonyl (C=O) groups excluding carboxylic acids is 2. The van der Waals surface area contributed by atoms with Crippen LogP contribution >= 0.6 is 0 Å². The molecule has 0 atom stereocenters. The van der Waals surface area contributed by atoms with Crippen molar-refractivity contribution in [2.75, 3.05) is 23.8 Å². The molecule has 2 heterocycles. The number of nitrogens with one attached hydrogen (secondary N) is 2. The van der Waals surface area contributed by atoms with Crippen LogP contribution in [0.5, 0.6) is 0 Å². The van der Waals surface area contributed by atoms with Gasteiger partial charge in [0.25, 0.3) is 0 Å². The SMILES string of the molecule is CC(Nc1ccc(NC(C)=C2CCOC2=O)cc1)=C1CCOC1=O. The van der Waals surface area contributed by atoms with Gasteiger partial charge in [-0.05, 0) is 38.1 Å². The van der Waals surface area contributed by atoms with Crippen molar-refractivity contribution in [3.05, 3.63) is 46.8 Å². The summed E-state index contributed by atoms with van der Waals surface area (Å²) in [5.41, 5.74) is 4.78. The lowest BCUT2D eigenvalue weighted by atomic mass is 10.1. The Balaban J connectivity index is 1.68. The number of anilines is 2. The fourth-order valence-corrected chi connectivity index (χ4v) is 2.77. The normalized spacial score (nSPS) is 21.2. The molecule has 0 saturated carbocycles.